The van der Waals surface area contributed by atoms with Crippen molar-refractivity contribution >= 4 is 29.9 Å². The largest absolute Gasteiger partial charge is 0.416 e. The van der Waals surface area contributed by atoms with Crippen LogP contribution in [0.25, 0.3) is 0 Å². The molecule has 23 heavy (non-hydrogen) atoms. The first-order chi connectivity index (χ1) is 10.5. The second-order valence-corrected chi connectivity index (χ2v) is 4.46. The lowest BCUT2D eigenvalue weighted by Crippen LogP contribution is -2.36. The highest BCUT2D eigenvalue weighted by Gasteiger charge is 2.29. The Morgan fingerprint density at radius 1 is 1.13 bits per heavy atom. The Kier molecular flexibility index (Phi) is 7.33. The highest BCUT2D eigenvalue weighted by atomic mass is 127. The molecule has 1 heterocycles. The van der Waals surface area contributed by atoms with Crippen LogP contribution in [-0.2, 0) is 19.3 Å². The van der Waals surface area contributed by atoms with Crippen molar-refractivity contribution in [2.45, 2.75) is 19.3 Å². The van der Waals surface area contributed by atoms with Crippen LogP contribution in [0.5, 0.6) is 0 Å². The molecule has 2 N–H and O–H groups in total. The molecule has 126 valence electrons. The number of halogens is 4. The van der Waals surface area contributed by atoms with E-state index in [1.807, 2.05) is 0 Å². The Hall–Kier alpha value is -1.78. The number of hydrogen-bond acceptors (Lipinski definition) is 3. The Morgan fingerprint density at radius 3 is 2.30 bits per heavy atom. The molecule has 0 saturated carbocycles. The summed E-state index contributed by atoms with van der Waals surface area (Å²) >= 11 is 0. The Labute approximate surface area is 148 Å². The number of rotatable bonds is 4. The minimum Gasteiger partial charge on any atom is -0.364 e. The third-order valence-electron chi connectivity index (χ3n) is 2.89. The van der Waals surface area contributed by atoms with E-state index in [0.717, 1.165) is 23.4 Å². The van der Waals surface area contributed by atoms with Crippen LogP contribution in [0, 0.1) is 0 Å². The van der Waals surface area contributed by atoms with E-state index >= 15 is 0 Å². The van der Waals surface area contributed by atoms with Crippen LogP contribution in [0.3, 0.4) is 0 Å². The molecule has 0 radical (unpaired) electrons. The van der Waals surface area contributed by atoms with Gasteiger partial charge in [-0.05, 0) is 17.7 Å². The lowest BCUT2D eigenvalue weighted by atomic mass is 10.1. The van der Waals surface area contributed by atoms with Crippen molar-refractivity contribution in [2.24, 2.45) is 4.99 Å². The lowest BCUT2D eigenvalue weighted by Gasteiger charge is -2.12. The molecule has 0 aliphatic carbocycles. The summed E-state index contributed by atoms with van der Waals surface area (Å²) in [4.78, 5) is 4.02. The van der Waals surface area contributed by atoms with Crippen molar-refractivity contribution < 1.29 is 17.7 Å². The van der Waals surface area contributed by atoms with Crippen LogP contribution in [-0.4, -0.2) is 18.2 Å². The molecule has 0 aliphatic rings. The van der Waals surface area contributed by atoms with E-state index in [0.29, 0.717) is 19.0 Å². The molecule has 2 rings (SSSR count). The van der Waals surface area contributed by atoms with Gasteiger partial charge in [-0.2, -0.15) is 13.2 Å². The van der Waals surface area contributed by atoms with E-state index in [1.54, 1.807) is 13.1 Å². The number of nitrogens with zero attached hydrogens (tertiary/aromatic N) is 2. The van der Waals surface area contributed by atoms with Crippen molar-refractivity contribution in [3.8, 4) is 0 Å². The summed E-state index contributed by atoms with van der Waals surface area (Å²) < 4.78 is 42.1. The number of hydrogen-bond donors (Lipinski definition) is 2. The average molecular weight is 440 g/mol. The van der Waals surface area contributed by atoms with E-state index in [1.165, 1.54) is 18.4 Å². The Morgan fingerprint density at radius 2 is 1.78 bits per heavy atom. The lowest BCUT2D eigenvalue weighted by molar-refractivity contribution is -0.137. The van der Waals surface area contributed by atoms with Crippen molar-refractivity contribution in [1.82, 2.24) is 15.8 Å². The summed E-state index contributed by atoms with van der Waals surface area (Å²) in [5.74, 6) is 0.517. The first kappa shape index (κ1) is 19.3. The third-order valence-corrected chi connectivity index (χ3v) is 2.89. The van der Waals surface area contributed by atoms with Gasteiger partial charge < -0.3 is 15.2 Å². The summed E-state index contributed by atoms with van der Waals surface area (Å²) in [6, 6.07) is 6.70. The molecule has 0 aliphatic heterocycles. The van der Waals surface area contributed by atoms with E-state index in [4.69, 9.17) is 4.52 Å². The summed E-state index contributed by atoms with van der Waals surface area (Å²) in [7, 11) is 1.60. The predicted molar refractivity (Wildman–Crippen MR) is 90.4 cm³/mol. The minimum absolute atomic E-state index is 0. The van der Waals surface area contributed by atoms with Crippen molar-refractivity contribution in [3.05, 3.63) is 53.4 Å². The molecule has 1 aromatic heterocycles. The SMILES string of the molecule is CN=C(NCc1ccc(C(F)(F)F)cc1)NCc1ccon1.I. The number of benzene rings is 1. The first-order valence-electron chi connectivity index (χ1n) is 6.49. The zero-order valence-corrected chi connectivity index (χ0v) is 14.6. The molecule has 0 fully saturated rings. The van der Waals surface area contributed by atoms with Crippen LogP contribution in [0.2, 0.25) is 0 Å². The summed E-state index contributed by atoms with van der Waals surface area (Å²) in [5, 5.41) is 9.77. The molecule has 1 aromatic carbocycles. The van der Waals surface area contributed by atoms with Gasteiger partial charge in [0.2, 0.25) is 0 Å². The highest BCUT2D eigenvalue weighted by Crippen LogP contribution is 2.28. The summed E-state index contributed by atoms with van der Waals surface area (Å²) in [6.45, 7) is 0.791. The fraction of sp³-hybridized carbons (Fsp3) is 0.286. The van der Waals surface area contributed by atoms with Crippen LogP contribution in [0.1, 0.15) is 16.8 Å². The van der Waals surface area contributed by atoms with Gasteiger partial charge >= 0.3 is 6.18 Å². The molecule has 2 aromatic rings. The number of aromatic nitrogens is 1. The minimum atomic E-state index is -4.32. The maximum absolute atomic E-state index is 12.5. The van der Waals surface area contributed by atoms with E-state index in [-0.39, 0.29) is 24.0 Å². The molecule has 0 spiro atoms. The van der Waals surface area contributed by atoms with Crippen molar-refractivity contribution in [3.63, 3.8) is 0 Å². The number of alkyl halides is 3. The number of nitrogens with one attached hydrogen (secondary N) is 2. The summed E-state index contributed by atoms with van der Waals surface area (Å²) in [6.07, 6.45) is -2.85. The number of aliphatic imine (C=N–C) groups is 1. The van der Waals surface area contributed by atoms with Crippen molar-refractivity contribution in [2.75, 3.05) is 7.05 Å². The molecular formula is C14H16F3IN4O. The van der Waals surface area contributed by atoms with Gasteiger partial charge in [-0.3, -0.25) is 4.99 Å². The first-order valence-corrected chi connectivity index (χ1v) is 6.49. The van der Waals surface area contributed by atoms with Crippen LogP contribution in [0.4, 0.5) is 13.2 Å². The molecule has 5 nitrogen and oxygen atoms in total. The van der Waals surface area contributed by atoms with Crippen LogP contribution >= 0.6 is 24.0 Å². The topological polar surface area (TPSA) is 62.5 Å². The second kappa shape index (κ2) is 8.75. The number of guanidine groups is 1. The van der Waals surface area contributed by atoms with Gasteiger partial charge in [0, 0.05) is 19.7 Å². The maximum atomic E-state index is 12.5. The molecule has 0 unspecified atom stereocenters. The average Bonchev–Trinajstić information content (AvgIpc) is 3.00. The molecular weight excluding hydrogens is 424 g/mol. The summed E-state index contributed by atoms with van der Waals surface area (Å²) in [5.41, 5.74) is 0.777. The van der Waals surface area contributed by atoms with Gasteiger partial charge in [0.25, 0.3) is 0 Å². The van der Waals surface area contributed by atoms with Gasteiger partial charge in [-0.15, -0.1) is 24.0 Å². The van der Waals surface area contributed by atoms with Gasteiger partial charge in [-0.25, -0.2) is 0 Å². The predicted octanol–water partition coefficient (Wildman–Crippen LogP) is 3.18. The standard InChI is InChI=1S/C14H15F3N4O.HI/c1-18-13(20-9-12-6-7-22-21-12)19-8-10-2-4-11(5-3-10)14(15,16)17;/h2-7H,8-9H2,1H3,(H2,18,19,20);1H. The smallest absolute Gasteiger partial charge is 0.364 e. The molecule has 0 atom stereocenters. The molecule has 0 saturated heterocycles. The molecule has 0 amide bonds. The highest BCUT2D eigenvalue weighted by molar-refractivity contribution is 14.0. The monoisotopic (exact) mass is 440 g/mol. The zero-order valence-electron chi connectivity index (χ0n) is 12.2. The van der Waals surface area contributed by atoms with E-state index in [2.05, 4.69) is 20.8 Å². The van der Waals surface area contributed by atoms with Crippen LogP contribution in [0.15, 0.2) is 46.1 Å². The Balaban J connectivity index is 0.00000264. The Bertz CT molecular complexity index is 612. The quantitative estimate of drug-likeness (QED) is 0.436. The van der Waals surface area contributed by atoms with Gasteiger partial charge in [0.1, 0.15) is 12.0 Å². The molecule has 0 bridgehead atoms. The van der Waals surface area contributed by atoms with Gasteiger partial charge in [0.05, 0.1) is 12.1 Å². The molecule has 9 heteroatoms. The van der Waals surface area contributed by atoms with Crippen LogP contribution < -0.4 is 10.6 Å². The van der Waals surface area contributed by atoms with Gasteiger partial charge in [0.15, 0.2) is 5.96 Å². The normalized spacial score (nSPS) is 11.7. The second-order valence-electron chi connectivity index (χ2n) is 4.46. The van der Waals surface area contributed by atoms with E-state index < -0.39 is 11.7 Å². The fourth-order valence-corrected chi connectivity index (χ4v) is 1.72. The zero-order chi connectivity index (χ0) is 16.0. The maximum Gasteiger partial charge on any atom is 0.416 e. The fourth-order valence-electron chi connectivity index (χ4n) is 1.72. The van der Waals surface area contributed by atoms with Crippen molar-refractivity contribution in [1.29, 1.82) is 0 Å². The third kappa shape index (κ3) is 6.08. The van der Waals surface area contributed by atoms with Gasteiger partial charge in [-0.1, -0.05) is 17.3 Å². The van der Waals surface area contributed by atoms with E-state index in [9.17, 15) is 13.2 Å².